The Balaban J connectivity index is 4.10. The second-order valence-corrected chi connectivity index (χ2v) is 12.2. The number of nitrogens with one attached hydrogen (secondary N) is 1. The van der Waals surface area contributed by atoms with Crippen molar-refractivity contribution < 1.29 is 22.9 Å². The Morgan fingerprint density at radius 3 is 1.54 bits per heavy atom. The Morgan fingerprint density at radius 2 is 1.11 bits per heavy atom. The van der Waals surface area contributed by atoms with Crippen LogP contribution < -0.4 is 5.32 Å². The molecule has 0 saturated carbocycles. The van der Waals surface area contributed by atoms with Gasteiger partial charge in [0, 0.05) is 6.42 Å². The van der Waals surface area contributed by atoms with E-state index in [4.69, 9.17) is 0 Å². The van der Waals surface area contributed by atoms with E-state index in [1.807, 2.05) is 6.08 Å². The van der Waals surface area contributed by atoms with Crippen LogP contribution in [0, 0.1) is 0 Å². The van der Waals surface area contributed by atoms with E-state index in [1.165, 1.54) is 96.3 Å². The van der Waals surface area contributed by atoms with E-state index < -0.39 is 28.0 Å². The summed E-state index contributed by atoms with van der Waals surface area (Å²) in [6.45, 7) is 4.46. The van der Waals surface area contributed by atoms with Gasteiger partial charge in [-0.25, -0.2) is 0 Å². The van der Waals surface area contributed by atoms with Gasteiger partial charge in [0.1, 0.15) is 0 Å². The van der Waals surface area contributed by atoms with Crippen molar-refractivity contribution in [1.82, 2.24) is 5.32 Å². The highest BCUT2D eigenvalue weighted by Gasteiger charge is 2.24. The predicted octanol–water partition coefficient (Wildman–Crippen LogP) is 7.90. The van der Waals surface area contributed by atoms with Crippen molar-refractivity contribution >= 4 is 16.0 Å². The van der Waals surface area contributed by atoms with E-state index in [-0.39, 0.29) is 5.91 Å². The van der Waals surface area contributed by atoms with E-state index in [0.717, 1.165) is 38.5 Å². The van der Waals surface area contributed by atoms with Crippen molar-refractivity contribution in [3.8, 4) is 0 Å². The molecule has 0 radical (unpaired) electrons. The molecular weight excluding hydrogens is 486 g/mol. The molecule has 0 saturated heterocycles. The molecule has 0 aromatic heterocycles. The van der Waals surface area contributed by atoms with E-state index in [2.05, 4.69) is 19.2 Å². The number of amides is 1. The highest BCUT2D eigenvalue weighted by Crippen LogP contribution is 2.13. The highest BCUT2D eigenvalue weighted by atomic mass is 32.2. The summed E-state index contributed by atoms with van der Waals surface area (Å²) in [7, 11) is -4.32. The molecule has 0 bridgehead atoms. The summed E-state index contributed by atoms with van der Waals surface area (Å²) in [6.07, 6.45) is 27.6. The standard InChI is InChI=1S/C30H59NO5S/c1-3-5-7-9-11-13-15-17-19-21-23-25-29(32)28(27-37(34,35)36)31-30(33)26-24-22-20-18-16-14-12-10-8-6-4-2/h23,25,28-29,32H,3-22,24,26-27H2,1-2H3,(H,31,33)(H,34,35,36)/b25-23+. The van der Waals surface area contributed by atoms with Gasteiger partial charge in [-0.05, 0) is 19.3 Å². The molecule has 3 N–H and O–H groups in total. The average molecular weight is 546 g/mol. The predicted molar refractivity (Wildman–Crippen MR) is 156 cm³/mol. The van der Waals surface area contributed by atoms with Crippen LogP contribution in [-0.4, -0.2) is 41.9 Å². The van der Waals surface area contributed by atoms with Crippen LogP contribution in [0.1, 0.15) is 155 Å². The summed E-state index contributed by atoms with van der Waals surface area (Å²) in [5.41, 5.74) is 0. The smallest absolute Gasteiger partial charge is 0.267 e. The molecule has 0 aliphatic heterocycles. The molecule has 2 unspecified atom stereocenters. The molecule has 0 aliphatic rings. The summed E-state index contributed by atoms with van der Waals surface area (Å²) in [4.78, 5) is 12.3. The van der Waals surface area contributed by atoms with Gasteiger partial charge < -0.3 is 10.4 Å². The monoisotopic (exact) mass is 545 g/mol. The van der Waals surface area contributed by atoms with Gasteiger partial charge in [0.15, 0.2) is 0 Å². The minimum Gasteiger partial charge on any atom is -0.387 e. The van der Waals surface area contributed by atoms with E-state index >= 15 is 0 Å². The SMILES string of the molecule is CCCCCCCCCCC/C=C/C(O)C(CS(=O)(=O)O)NC(=O)CCCCCCCCCCCCC. The van der Waals surface area contributed by atoms with Crippen molar-refractivity contribution in [2.45, 2.75) is 167 Å². The van der Waals surface area contributed by atoms with Crippen molar-refractivity contribution in [2.75, 3.05) is 5.75 Å². The van der Waals surface area contributed by atoms with E-state index in [9.17, 15) is 22.9 Å². The molecule has 220 valence electrons. The lowest BCUT2D eigenvalue weighted by Gasteiger charge is -2.21. The molecule has 7 heteroatoms. The Bertz CT molecular complexity index is 650. The third-order valence-corrected chi connectivity index (χ3v) is 7.74. The summed E-state index contributed by atoms with van der Waals surface area (Å²) < 4.78 is 32.1. The molecule has 0 rings (SSSR count). The van der Waals surface area contributed by atoms with Gasteiger partial charge >= 0.3 is 0 Å². The van der Waals surface area contributed by atoms with E-state index in [1.54, 1.807) is 6.08 Å². The number of hydrogen-bond acceptors (Lipinski definition) is 4. The van der Waals surface area contributed by atoms with Crippen molar-refractivity contribution in [2.24, 2.45) is 0 Å². The fraction of sp³-hybridized carbons (Fsp3) is 0.900. The van der Waals surface area contributed by atoms with Gasteiger partial charge in [0.25, 0.3) is 10.1 Å². The fourth-order valence-electron chi connectivity index (χ4n) is 4.62. The first-order valence-corrected chi connectivity index (χ1v) is 17.0. The molecule has 37 heavy (non-hydrogen) atoms. The van der Waals surface area contributed by atoms with E-state index in [0.29, 0.717) is 6.42 Å². The fourth-order valence-corrected chi connectivity index (χ4v) is 5.36. The van der Waals surface area contributed by atoms with Gasteiger partial charge in [-0.1, -0.05) is 142 Å². The number of carbonyl (C=O) groups is 1. The Kier molecular flexibility index (Phi) is 24.7. The number of hydrogen-bond donors (Lipinski definition) is 3. The molecule has 0 spiro atoms. The third kappa shape index (κ3) is 26.5. The molecule has 0 fully saturated rings. The van der Waals surface area contributed by atoms with Crippen LogP contribution in [0.15, 0.2) is 12.2 Å². The van der Waals surface area contributed by atoms with Crippen LogP contribution in [0.4, 0.5) is 0 Å². The first kappa shape index (κ1) is 36.1. The van der Waals surface area contributed by atoms with Crippen LogP contribution >= 0.6 is 0 Å². The number of aliphatic hydroxyl groups is 1. The largest absolute Gasteiger partial charge is 0.387 e. The normalized spacial score (nSPS) is 13.7. The van der Waals surface area contributed by atoms with Gasteiger partial charge in [-0.2, -0.15) is 8.42 Å². The Labute approximate surface area is 229 Å². The zero-order chi connectivity index (χ0) is 27.6. The molecule has 6 nitrogen and oxygen atoms in total. The zero-order valence-corrected chi connectivity index (χ0v) is 24.9. The first-order chi connectivity index (χ1) is 17.8. The number of allylic oxidation sites excluding steroid dienone is 1. The van der Waals surface area contributed by atoms with Crippen molar-refractivity contribution in [3.05, 3.63) is 12.2 Å². The number of unbranched alkanes of at least 4 members (excludes halogenated alkanes) is 19. The maximum Gasteiger partial charge on any atom is 0.267 e. The Morgan fingerprint density at radius 1 is 0.703 bits per heavy atom. The van der Waals surface area contributed by atoms with Crippen LogP contribution in [0.25, 0.3) is 0 Å². The van der Waals surface area contributed by atoms with Crippen LogP contribution in [0.3, 0.4) is 0 Å². The molecule has 2 atom stereocenters. The van der Waals surface area contributed by atoms with Crippen LogP contribution in [0.2, 0.25) is 0 Å². The first-order valence-electron chi connectivity index (χ1n) is 15.4. The minimum absolute atomic E-state index is 0.282. The molecule has 0 heterocycles. The minimum atomic E-state index is -4.32. The van der Waals surface area contributed by atoms with Gasteiger partial charge in [0.2, 0.25) is 5.91 Å². The quantitative estimate of drug-likeness (QED) is 0.0553. The van der Waals surface area contributed by atoms with Gasteiger partial charge in [0.05, 0.1) is 17.9 Å². The molecule has 0 aliphatic carbocycles. The third-order valence-electron chi connectivity index (χ3n) is 6.96. The number of aliphatic hydroxyl groups excluding tert-OH is 1. The molecule has 0 aromatic carbocycles. The van der Waals surface area contributed by atoms with Crippen LogP contribution in [-0.2, 0) is 14.9 Å². The maximum atomic E-state index is 12.3. The topological polar surface area (TPSA) is 104 Å². The van der Waals surface area contributed by atoms with Crippen molar-refractivity contribution in [1.29, 1.82) is 0 Å². The van der Waals surface area contributed by atoms with Crippen LogP contribution in [0.5, 0.6) is 0 Å². The molecular formula is C30H59NO5S. The number of carbonyl (C=O) groups excluding carboxylic acids is 1. The second-order valence-electron chi connectivity index (χ2n) is 10.7. The summed E-state index contributed by atoms with van der Waals surface area (Å²) in [5, 5.41) is 13.1. The van der Waals surface area contributed by atoms with Gasteiger partial charge in [-0.15, -0.1) is 0 Å². The maximum absolute atomic E-state index is 12.3. The average Bonchev–Trinajstić information content (AvgIpc) is 2.84. The van der Waals surface area contributed by atoms with Crippen molar-refractivity contribution in [3.63, 3.8) is 0 Å². The summed E-state index contributed by atoms with van der Waals surface area (Å²) in [5.74, 6) is -0.975. The summed E-state index contributed by atoms with van der Waals surface area (Å²) in [6, 6.07) is -1.05. The second kappa shape index (κ2) is 25.4. The Hall–Kier alpha value is -0.920. The zero-order valence-electron chi connectivity index (χ0n) is 24.1. The lowest BCUT2D eigenvalue weighted by molar-refractivity contribution is -0.122. The highest BCUT2D eigenvalue weighted by molar-refractivity contribution is 7.85. The molecule has 1 amide bonds. The lowest BCUT2D eigenvalue weighted by atomic mass is 10.0. The lowest BCUT2D eigenvalue weighted by Crippen LogP contribution is -2.46. The summed E-state index contributed by atoms with van der Waals surface area (Å²) >= 11 is 0. The van der Waals surface area contributed by atoms with Gasteiger partial charge in [-0.3, -0.25) is 9.35 Å². The molecule has 0 aromatic rings. The number of rotatable bonds is 27.